The highest BCUT2D eigenvalue weighted by molar-refractivity contribution is 5.18. The summed E-state index contributed by atoms with van der Waals surface area (Å²) in [5.41, 5.74) is 1.77. The van der Waals surface area contributed by atoms with Crippen LogP contribution in [0.3, 0.4) is 0 Å². The summed E-state index contributed by atoms with van der Waals surface area (Å²) < 4.78 is 2.05. The molecule has 0 aliphatic heterocycles. The molecule has 2 heteroatoms. The van der Waals surface area contributed by atoms with Gasteiger partial charge in [0.15, 0.2) is 0 Å². The molecule has 1 aromatic heterocycles. The Balaban J connectivity index is 2.74. The second kappa shape index (κ2) is 7.60. The Bertz CT molecular complexity index is 330. The van der Waals surface area contributed by atoms with E-state index >= 15 is 0 Å². The Morgan fingerprint density at radius 2 is 1.72 bits per heavy atom. The molecule has 0 aromatic carbocycles. The second-order valence-electron chi connectivity index (χ2n) is 5.71. The third kappa shape index (κ3) is 4.15. The molecule has 1 unspecified atom stereocenters. The molecule has 0 bridgehead atoms. The van der Waals surface area contributed by atoms with Gasteiger partial charge in [0.1, 0.15) is 0 Å². The lowest BCUT2D eigenvalue weighted by atomic mass is 9.75. The molecule has 0 spiro atoms. The molecule has 0 N–H and O–H groups in total. The molecule has 0 amide bonds. The van der Waals surface area contributed by atoms with Crippen LogP contribution in [0.4, 0.5) is 0 Å². The van der Waals surface area contributed by atoms with Gasteiger partial charge in [0, 0.05) is 12.7 Å². The average Bonchev–Trinajstić information content (AvgIpc) is 2.86. The zero-order chi connectivity index (χ0) is 13.4. The number of hydrogen-bond acceptors (Lipinski definition) is 1. The van der Waals surface area contributed by atoms with Gasteiger partial charge in [0.2, 0.25) is 0 Å². The normalized spacial score (nSPS) is 14.7. The number of hydrogen-bond donors (Lipinski definition) is 0. The zero-order valence-electron chi connectivity index (χ0n) is 12.7. The average molecular weight is 250 g/mol. The van der Waals surface area contributed by atoms with Gasteiger partial charge in [0.05, 0.1) is 6.20 Å². The van der Waals surface area contributed by atoms with Gasteiger partial charge in [-0.15, -0.1) is 0 Å². The molecule has 0 saturated carbocycles. The molecule has 0 aliphatic carbocycles. The van der Waals surface area contributed by atoms with Crippen molar-refractivity contribution >= 4 is 0 Å². The summed E-state index contributed by atoms with van der Waals surface area (Å²) >= 11 is 0. The Labute approximate surface area is 113 Å². The molecule has 0 aliphatic rings. The SMILES string of the molecule is CCCCCC(C)(CCCC)c1cnn(CC)c1. The molecule has 104 valence electrons. The third-order valence-corrected chi connectivity index (χ3v) is 4.07. The van der Waals surface area contributed by atoms with Crippen LogP contribution in [0.25, 0.3) is 0 Å². The summed E-state index contributed by atoms with van der Waals surface area (Å²) in [4.78, 5) is 0. The van der Waals surface area contributed by atoms with Crippen molar-refractivity contribution in [3.8, 4) is 0 Å². The Morgan fingerprint density at radius 1 is 1.06 bits per heavy atom. The van der Waals surface area contributed by atoms with Crippen molar-refractivity contribution in [1.29, 1.82) is 0 Å². The molecule has 0 saturated heterocycles. The molecular formula is C16H30N2. The van der Waals surface area contributed by atoms with Crippen LogP contribution in [0.1, 0.15) is 78.2 Å². The van der Waals surface area contributed by atoms with E-state index in [1.165, 1.54) is 50.5 Å². The lowest BCUT2D eigenvalue weighted by molar-refractivity contribution is 0.370. The van der Waals surface area contributed by atoms with E-state index in [9.17, 15) is 0 Å². The Kier molecular flexibility index (Phi) is 6.45. The van der Waals surface area contributed by atoms with Crippen molar-refractivity contribution < 1.29 is 0 Å². The van der Waals surface area contributed by atoms with Crippen molar-refractivity contribution in [2.24, 2.45) is 0 Å². The maximum atomic E-state index is 4.45. The first-order valence-electron chi connectivity index (χ1n) is 7.69. The van der Waals surface area contributed by atoms with Crippen molar-refractivity contribution in [2.45, 2.75) is 84.6 Å². The first kappa shape index (κ1) is 15.3. The van der Waals surface area contributed by atoms with Crippen molar-refractivity contribution in [1.82, 2.24) is 9.78 Å². The van der Waals surface area contributed by atoms with Crippen LogP contribution in [0.5, 0.6) is 0 Å². The monoisotopic (exact) mass is 250 g/mol. The first-order chi connectivity index (χ1) is 8.66. The quantitative estimate of drug-likeness (QED) is 0.568. The van der Waals surface area contributed by atoms with Gasteiger partial charge in [-0.2, -0.15) is 5.10 Å². The van der Waals surface area contributed by atoms with E-state index in [4.69, 9.17) is 0 Å². The van der Waals surface area contributed by atoms with E-state index in [0.29, 0.717) is 5.41 Å². The van der Waals surface area contributed by atoms with Crippen LogP contribution in [-0.4, -0.2) is 9.78 Å². The summed E-state index contributed by atoms with van der Waals surface area (Å²) in [5.74, 6) is 0. The number of nitrogens with zero attached hydrogens (tertiary/aromatic N) is 2. The number of aryl methyl sites for hydroxylation is 1. The van der Waals surface area contributed by atoms with Crippen LogP contribution in [-0.2, 0) is 12.0 Å². The highest BCUT2D eigenvalue weighted by atomic mass is 15.3. The summed E-state index contributed by atoms with van der Waals surface area (Å²) in [6, 6.07) is 0. The maximum Gasteiger partial charge on any atom is 0.0527 e. The molecule has 1 atom stereocenters. The molecule has 1 heterocycles. The minimum Gasteiger partial charge on any atom is -0.273 e. The highest BCUT2D eigenvalue weighted by Gasteiger charge is 2.26. The Morgan fingerprint density at radius 3 is 2.28 bits per heavy atom. The van der Waals surface area contributed by atoms with Gasteiger partial charge in [-0.25, -0.2) is 0 Å². The maximum absolute atomic E-state index is 4.45. The fraction of sp³-hybridized carbons (Fsp3) is 0.812. The topological polar surface area (TPSA) is 17.8 Å². The van der Waals surface area contributed by atoms with Crippen molar-refractivity contribution in [3.05, 3.63) is 18.0 Å². The van der Waals surface area contributed by atoms with Gasteiger partial charge in [0.25, 0.3) is 0 Å². The summed E-state index contributed by atoms with van der Waals surface area (Å²) in [7, 11) is 0. The van der Waals surface area contributed by atoms with Gasteiger partial charge in [-0.05, 0) is 30.7 Å². The first-order valence-corrected chi connectivity index (χ1v) is 7.69. The second-order valence-corrected chi connectivity index (χ2v) is 5.71. The smallest absolute Gasteiger partial charge is 0.0527 e. The van der Waals surface area contributed by atoms with E-state index < -0.39 is 0 Å². The minimum atomic E-state index is 0.332. The molecule has 0 radical (unpaired) electrons. The van der Waals surface area contributed by atoms with E-state index in [0.717, 1.165) is 6.54 Å². The van der Waals surface area contributed by atoms with Gasteiger partial charge in [-0.1, -0.05) is 52.9 Å². The summed E-state index contributed by atoms with van der Waals surface area (Å²) in [6.07, 6.45) is 13.5. The van der Waals surface area contributed by atoms with Crippen LogP contribution >= 0.6 is 0 Å². The van der Waals surface area contributed by atoms with Gasteiger partial charge in [-0.3, -0.25) is 4.68 Å². The molecule has 2 nitrogen and oxygen atoms in total. The van der Waals surface area contributed by atoms with E-state index in [-0.39, 0.29) is 0 Å². The predicted molar refractivity (Wildman–Crippen MR) is 78.9 cm³/mol. The molecule has 18 heavy (non-hydrogen) atoms. The van der Waals surface area contributed by atoms with Crippen LogP contribution in [0.15, 0.2) is 12.4 Å². The highest BCUT2D eigenvalue weighted by Crippen LogP contribution is 2.34. The summed E-state index contributed by atoms with van der Waals surface area (Å²) in [6.45, 7) is 10.1. The number of unbranched alkanes of at least 4 members (excludes halogenated alkanes) is 3. The van der Waals surface area contributed by atoms with Crippen LogP contribution in [0.2, 0.25) is 0 Å². The lowest BCUT2D eigenvalue weighted by Gasteiger charge is -2.28. The van der Waals surface area contributed by atoms with Crippen molar-refractivity contribution in [3.63, 3.8) is 0 Å². The molecule has 0 fully saturated rings. The van der Waals surface area contributed by atoms with Crippen molar-refractivity contribution in [2.75, 3.05) is 0 Å². The molecule has 1 rings (SSSR count). The fourth-order valence-electron chi connectivity index (χ4n) is 2.59. The minimum absolute atomic E-state index is 0.332. The predicted octanol–water partition coefficient (Wildman–Crippen LogP) is 4.93. The van der Waals surface area contributed by atoms with Gasteiger partial charge < -0.3 is 0 Å². The number of rotatable bonds is 9. The Hall–Kier alpha value is -0.790. The van der Waals surface area contributed by atoms with Crippen LogP contribution < -0.4 is 0 Å². The number of aromatic nitrogens is 2. The fourth-order valence-corrected chi connectivity index (χ4v) is 2.59. The largest absolute Gasteiger partial charge is 0.273 e. The van der Waals surface area contributed by atoms with E-state index in [1.54, 1.807) is 0 Å². The van der Waals surface area contributed by atoms with E-state index in [1.807, 2.05) is 0 Å². The third-order valence-electron chi connectivity index (χ3n) is 4.07. The molecule has 1 aromatic rings. The summed E-state index contributed by atoms with van der Waals surface area (Å²) in [5, 5.41) is 4.45. The lowest BCUT2D eigenvalue weighted by Crippen LogP contribution is -2.21. The van der Waals surface area contributed by atoms with E-state index in [2.05, 4.69) is 49.9 Å². The van der Waals surface area contributed by atoms with Crippen LogP contribution in [0, 0.1) is 0 Å². The van der Waals surface area contributed by atoms with Gasteiger partial charge >= 0.3 is 0 Å². The zero-order valence-corrected chi connectivity index (χ0v) is 12.7. The standard InChI is InChI=1S/C16H30N2/c1-5-8-10-12-16(4,11-9-6-2)15-13-17-18(7-3)14-15/h13-14H,5-12H2,1-4H3. The molecular weight excluding hydrogens is 220 g/mol.